The lowest BCUT2D eigenvalue weighted by Gasteiger charge is -2.25. The van der Waals surface area contributed by atoms with E-state index in [0.717, 1.165) is 11.4 Å². The molecule has 0 bridgehead atoms. The van der Waals surface area contributed by atoms with Crippen molar-refractivity contribution in [2.75, 3.05) is 12.0 Å². The normalized spacial score (nSPS) is 10.0. The van der Waals surface area contributed by atoms with E-state index in [1.807, 2.05) is 65.6 Å². The number of para-hydroxylation sites is 2. The lowest BCUT2D eigenvalue weighted by atomic mass is 10.2. The second kappa shape index (κ2) is 8.27. The number of ether oxygens (including phenoxy) is 1. The van der Waals surface area contributed by atoms with Gasteiger partial charge in [-0.2, -0.15) is 0 Å². The molecule has 5 heteroatoms. The van der Waals surface area contributed by atoms with E-state index < -0.39 is 0 Å². The molecule has 1 N–H and O–H groups in total. The molecular weight excluding hydrogens is 344 g/mol. The molecule has 0 aliphatic carbocycles. The van der Waals surface area contributed by atoms with E-state index in [2.05, 4.69) is 5.32 Å². The molecule has 0 aromatic heterocycles. The number of hydrogen-bond acceptors (Lipinski definition) is 3. The van der Waals surface area contributed by atoms with Crippen LogP contribution in [0.2, 0.25) is 0 Å². The summed E-state index contributed by atoms with van der Waals surface area (Å²) in [6.07, 6.45) is 0. The quantitative estimate of drug-likeness (QED) is 0.692. The Morgan fingerprint density at radius 1 is 0.885 bits per heavy atom. The lowest BCUT2D eigenvalue weighted by Crippen LogP contribution is -2.40. The number of amides is 1. The van der Waals surface area contributed by atoms with Crippen molar-refractivity contribution in [2.24, 2.45) is 0 Å². The van der Waals surface area contributed by atoms with Crippen molar-refractivity contribution >= 4 is 34.6 Å². The van der Waals surface area contributed by atoms with Gasteiger partial charge in [-0.3, -0.25) is 15.0 Å². The number of anilines is 2. The van der Waals surface area contributed by atoms with Crippen LogP contribution in [0.3, 0.4) is 0 Å². The van der Waals surface area contributed by atoms with Gasteiger partial charge in [0.15, 0.2) is 5.11 Å². The molecular formula is C21H18N2O2S. The second-order valence-electron chi connectivity index (χ2n) is 5.50. The van der Waals surface area contributed by atoms with Crippen LogP contribution in [0.15, 0.2) is 84.9 Å². The molecule has 0 aliphatic rings. The SMILES string of the molecule is COc1cccc(C(=O)NC(=S)N(c2ccccc2)c2ccccc2)c1. The molecule has 0 spiro atoms. The minimum atomic E-state index is -0.286. The van der Waals surface area contributed by atoms with Crippen LogP contribution in [0.4, 0.5) is 11.4 Å². The number of thiocarbonyl (C=S) groups is 1. The molecule has 130 valence electrons. The van der Waals surface area contributed by atoms with Gasteiger partial charge in [0.05, 0.1) is 7.11 Å². The average Bonchev–Trinajstić information content (AvgIpc) is 2.70. The first-order chi connectivity index (χ1) is 12.7. The lowest BCUT2D eigenvalue weighted by molar-refractivity contribution is 0.0977. The van der Waals surface area contributed by atoms with Gasteiger partial charge in [0.25, 0.3) is 5.91 Å². The summed E-state index contributed by atoms with van der Waals surface area (Å²) in [5, 5.41) is 3.11. The van der Waals surface area contributed by atoms with Gasteiger partial charge in [-0.1, -0.05) is 42.5 Å². The molecule has 26 heavy (non-hydrogen) atoms. The Kier molecular flexibility index (Phi) is 5.61. The molecule has 0 heterocycles. The largest absolute Gasteiger partial charge is 0.497 e. The molecule has 3 rings (SSSR count). The van der Waals surface area contributed by atoms with E-state index in [-0.39, 0.29) is 5.91 Å². The number of nitrogens with one attached hydrogen (secondary N) is 1. The predicted octanol–water partition coefficient (Wildman–Crippen LogP) is 4.55. The Hall–Kier alpha value is -3.18. The van der Waals surface area contributed by atoms with Gasteiger partial charge < -0.3 is 4.74 Å². The summed E-state index contributed by atoms with van der Waals surface area (Å²) in [4.78, 5) is 14.4. The minimum absolute atomic E-state index is 0.286. The fourth-order valence-electron chi connectivity index (χ4n) is 2.53. The molecule has 0 saturated carbocycles. The van der Waals surface area contributed by atoms with Crippen molar-refractivity contribution in [3.8, 4) is 5.75 Å². The van der Waals surface area contributed by atoms with Gasteiger partial charge in [-0.05, 0) is 54.7 Å². The molecule has 1 amide bonds. The molecule has 3 aromatic rings. The molecule has 0 radical (unpaired) electrons. The van der Waals surface area contributed by atoms with E-state index in [9.17, 15) is 4.79 Å². The van der Waals surface area contributed by atoms with E-state index in [4.69, 9.17) is 17.0 Å². The molecule has 0 saturated heterocycles. The van der Waals surface area contributed by atoms with Gasteiger partial charge >= 0.3 is 0 Å². The molecule has 0 aliphatic heterocycles. The first-order valence-electron chi connectivity index (χ1n) is 8.08. The van der Waals surface area contributed by atoms with Crippen molar-refractivity contribution in [1.29, 1.82) is 0 Å². The van der Waals surface area contributed by atoms with Gasteiger partial charge in [0.2, 0.25) is 0 Å². The Balaban J connectivity index is 1.87. The van der Waals surface area contributed by atoms with Gasteiger partial charge in [0, 0.05) is 16.9 Å². The smallest absolute Gasteiger partial charge is 0.257 e. The number of benzene rings is 3. The number of nitrogens with zero attached hydrogens (tertiary/aromatic N) is 1. The van der Waals surface area contributed by atoms with Gasteiger partial charge in [-0.15, -0.1) is 0 Å². The Morgan fingerprint density at radius 2 is 1.46 bits per heavy atom. The third-order valence-electron chi connectivity index (χ3n) is 3.78. The molecule has 0 fully saturated rings. The topological polar surface area (TPSA) is 41.6 Å². The van der Waals surface area contributed by atoms with E-state index >= 15 is 0 Å². The van der Waals surface area contributed by atoms with Crippen LogP contribution in [0, 0.1) is 0 Å². The third-order valence-corrected chi connectivity index (χ3v) is 4.07. The second-order valence-corrected chi connectivity index (χ2v) is 5.88. The standard InChI is InChI=1S/C21H18N2O2S/c1-25-19-14-8-9-16(15-19)20(24)22-21(26)23(17-10-4-2-5-11-17)18-12-6-3-7-13-18/h2-15H,1H3,(H,22,24,26). The van der Waals surface area contributed by atoms with Crippen molar-refractivity contribution in [2.45, 2.75) is 0 Å². The van der Waals surface area contributed by atoms with Crippen molar-refractivity contribution in [3.63, 3.8) is 0 Å². The zero-order valence-electron chi connectivity index (χ0n) is 14.3. The zero-order valence-corrected chi connectivity index (χ0v) is 15.1. The number of rotatable bonds is 4. The monoisotopic (exact) mass is 362 g/mol. The Morgan fingerprint density at radius 3 is 2.00 bits per heavy atom. The van der Waals surface area contributed by atoms with Crippen LogP contribution < -0.4 is 15.0 Å². The van der Waals surface area contributed by atoms with E-state index in [0.29, 0.717) is 16.4 Å². The molecule has 0 unspecified atom stereocenters. The maximum Gasteiger partial charge on any atom is 0.257 e. The highest BCUT2D eigenvalue weighted by atomic mass is 32.1. The summed E-state index contributed by atoms with van der Waals surface area (Å²) in [6, 6.07) is 26.3. The summed E-state index contributed by atoms with van der Waals surface area (Å²) < 4.78 is 5.17. The van der Waals surface area contributed by atoms with Crippen LogP contribution in [-0.4, -0.2) is 18.1 Å². The van der Waals surface area contributed by atoms with Crippen molar-refractivity contribution < 1.29 is 9.53 Å². The number of carbonyl (C=O) groups is 1. The maximum atomic E-state index is 12.6. The van der Waals surface area contributed by atoms with E-state index in [1.54, 1.807) is 31.4 Å². The number of carbonyl (C=O) groups excluding carboxylic acids is 1. The Labute approximate surface area is 158 Å². The van der Waals surface area contributed by atoms with Crippen LogP contribution in [-0.2, 0) is 0 Å². The minimum Gasteiger partial charge on any atom is -0.497 e. The molecule has 0 atom stereocenters. The van der Waals surface area contributed by atoms with Crippen LogP contribution in [0.1, 0.15) is 10.4 Å². The number of hydrogen-bond donors (Lipinski definition) is 1. The van der Waals surface area contributed by atoms with Crippen molar-refractivity contribution in [1.82, 2.24) is 5.32 Å². The zero-order chi connectivity index (χ0) is 18.4. The summed E-state index contributed by atoms with van der Waals surface area (Å²) in [5.41, 5.74) is 2.22. The highest BCUT2D eigenvalue weighted by Gasteiger charge is 2.17. The first-order valence-corrected chi connectivity index (χ1v) is 8.49. The maximum absolute atomic E-state index is 12.6. The summed E-state index contributed by atoms with van der Waals surface area (Å²) >= 11 is 5.54. The highest BCUT2D eigenvalue weighted by Crippen LogP contribution is 2.25. The summed E-state index contributed by atoms with van der Waals surface area (Å²) in [7, 11) is 1.56. The highest BCUT2D eigenvalue weighted by molar-refractivity contribution is 7.80. The number of methoxy groups -OCH3 is 1. The summed E-state index contributed by atoms with van der Waals surface area (Å²) in [5.74, 6) is 0.331. The average molecular weight is 362 g/mol. The van der Waals surface area contributed by atoms with Crippen LogP contribution >= 0.6 is 12.2 Å². The third kappa shape index (κ3) is 4.07. The van der Waals surface area contributed by atoms with Crippen molar-refractivity contribution in [3.05, 3.63) is 90.5 Å². The summed E-state index contributed by atoms with van der Waals surface area (Å²) in [6.45, 7) is 0. The van der Waals surface area contributed by atoms with Gasteiger partial charge in [-0.25, -0.2) is 0 Å². The van der Waals surface area contributed by atoms with Crippen LogP contribution in [0.5, 0.6) is 5.75 Å². The molecule has 3 aromatic carbocycles. The first kappa shape index (κ1) is 17.6. The molecule has 4 nitrogen and oxygen atoms in total. The Bertz CT molecular complexity index is 859. The fourth-order valence-corrected chi connectivity index (χ4v) is 2.83. The fraction of sp³-hybridized carbons (Fsp3) is 0.0476. The van der Waals surface area contributed by atoms with Gasteiger partial charge in [0.1, 0.15) is 5.75 Å². The van der Waals surface area contributed by atoms with E-state index in [1.165, 1.54) is 0 Å². The predicted molar refractivity (Wildman–Crippen MR) is 108 cm³/mol. The van der Waals surface area contributed by atoms with Crippen LogP contribution in [0.25, 0.3) is 0 Å².